The molecular weight excluding hydrogens is 260 g/mol. The molecule has 1 aromatic carbocycles. The normalized spacial score (nSPS) is 23.1. The lowest BCUT2D eigenvalue weighted by molar-refractivity contribution is 0.0679. The first-order valence-electron chi connectivity index (χ1n) is 6.68. The first-order valence-corrected chi connectivity index (χ1v) is 7.91. The van der Waals surface area contributed by atoms with Crippen LogP contribution in [0.25, 0.3) is 0 Å². The third kappa shape index (κ3) is 3.44. The Morgan fingerprint density at radius 1 is 1.42 bits per heavy atom. The van der Waals surface area contributed by atoms with E-state index in [1.54, 1.807) is 6.07 Å². The molecule has 1 aromatic rings. The number of thioether (sulfide) groups is 1. The third-order valence-corrected chi connectivity index (χ3v) is 4.38. The minimum atomic E-state index is -0.913. The van der Waals surface area contributed by atoms with Gasteiger partial charge in [0.2, 0.25) is 0 Å². The Kier molecular flexibility index (Phi) is 4.75. The average Bonchev–Trinajstić information content (AvgIpc) is 2.38. The molecule has 2 unspecified atom stereocenters. The standard InChI is InChI=1S/C15H20O3S/c1-10-5-3-6-11(9-10)18-12-7-4-8-13(19-2)14(12)15(16)17/h4,7-8,10-11H,3,5-6,9H2,1-2H3,(H,16,17). The number of hydrogen-bond donors (Lipinski definition) is 1. The second-order valence-corrected chi connectivity index (χ2v) is 6.00. The molecule has 2 rings (SSSR count). The van der Waals surface area contributed by atoms with Gasteiger partial charge in [-0.3, -0.25) is 0 Å². The summed E-state index contributed by atoms with van der Waals surface area (Å²) in [5.41, 5.74) is 0.299. The maximum absolute atomic E-state index is 11.4. The maximum Gasteiger partial charge on any atom is 0.340 e. The van der Waals surface area contributed by atoms with Gasteiger partial charge in [0.1, 0.15) is 11.3 Å². The number of carboxylic acids is 1. The predicted molar refractivity (Wildman–Crippen MR) is 77.2 cm³/mol. The molecule has 104 valence electrons. The highest BCUT2D eigenvalue weighted by Crippen LogP contribution is 2.32. The first-order chi connectivity index (χ1) is 9.11. The number of benzene rings is 1. The van der Waals surface area contributed by atoms with Crippen molar-refractivity contribution in [3.8, 4) is 5.75 Å². The summed E-state index contributed by atoms with van der Waals surface area (Å²) in [6.45, 7) is 2.23. The van der Waals surface area contributed by atoms with Crippen molar-refractivity contribution in [2.45, 2.75) is 43.6 Å². The van der Waals surface area contributed by atoms with Gasteiger partial charge in [0.15, 0.2) is 0 Å². The van der Waals surface area contributed by atoms with E-state index < -0.39 is 5.97 Å². The summed E-state index contributed by atoms with van der Waals surface area (Å²) in [6.07, 6.45) is 6.48. The molecule has 0 aliphatic heterocycles. The van der Waals surface area contributed by atoms with Gasteiger partial charge < -0.3 is 9.84 Å². The highest BCUT2D eigenvalue weighted by Gasteiger charge is 2.23. The van der Waals surface area contributed by atoms with E-state index in [1.165, 1.54) is 18.2 Å². The first kappa shape index (κ1) is 14.3. The fourth-order valence-corrected chi connectivity index (χ4v) is 3.26. The van der Waals surface area contributed by atoms with E-state index in [0.29, 0.717) is 17.2 Å². The monoisotopic (exact) mass is 280 g/mol. The Morgan fingerprint density at radius 3 is 2.84 bits per heavy atom. The van der Waals surface area contributed by atoms with Gasteiger partial charge in [0, 0.05) is 4.90 Å². The van der Waals surface area contributed by atoms with Crippen molar-refractivity contribution in [2.75, 3.05) is 6.26 Å². The van der Waals surface area contributed by atoms with Crippen LogP contribution in [0.15, 0.2) is 23.1 Å². The molecule has 0 heterocycles. The topological polar surface area (TPSA) is 46.5 Å². The van der Waals surface area contributed by atoms with Crippen LogP contribution in [-0.2, 0) is 0 Å². The van der Waals surface area contributed by atoms with Crippen LogP contribution in [0.4, 0.5) is 0 Å². The molecule has 1 fully saturated rings. The van der Waals surface area contributed by atoms with Crippen molar-refractivity contribution in [1.82, 2.24) is 0 Å². The van der Waals surface area contributed by atoms with E-state index >= 15 is 0 Å². The van der Waals surface area contributed by atoms with Gasteiger partial charge in [-0.2, -0.15) is 0 Å². The van der Waals surface area contributed by atoms with Gasteiger partial charge in [-0.25, -0.2) is 4.79 Å². The molecule has 19 heavy (non-hydrogen) atoms. The van der Waals surface area contributed by atoms with Gasteiger partial charge in [0.05, 0.1) is 6.10 Å². The lowest BCUT2D eigenvalue weighted by atomic mass is 9.88. The second kappa shape index (κ2) is 6.33. The summed E-state index contributed by atoms with van der Waals surface area (Å²) in [5, 5.41) is 9.37. The van der Waals surface area contributed by atoms with Crippen molar-refractivity contribution in [3.05, 3.63) is 23.8 Å². The van der Waals surface area contributed by atoms with E-state index in [0.717, 1.165) is 24.2 Å². The van der Waals surface area contributed by atoms with Gasteiger partial charge in [-0.15, -0.1) is 11.8 Å². The zero-order valence-corrected chi connectivity index (χ0v) is 12.2. The summed E-state index contributed by atoms with van der Waals surface area (Å²) in [5.74, 6) is 0.262. The van der Waals surface area contributed by atoms with Crippen molar-refractivity contribution >= 4 is 17.7 Å². The van der Waals surface area contributed by atoms with E-state index in [4.69, 9.17) is 4.74 Å². The predicted octanol–water partition coefficient (Wildman–Crippen LogP) is 4.06. The zero-order chi connectivity index (χ0) is 13.8. The minimum absolute atomic E-state index is 0.152. The number of carbonyl (C=O) groups is 1. The van der Waals surface area contributed by atoms with Crippen molar-refractivity contribution < 1.29 is 14.6 Å². The molecule has 0 spiro atoms. The molecule has 4 heteroatoms. The summed E-state index contributed by atoms with van der Waals surface area (Å²) >= 11 is 1.44. The lowest BCUT2D eigenvalue weighted by Gasteiger charge is -2.28. The van der Waals surface area contributed by atoms with Crippen LogP contribution < -0.4 is 4.74 Å². The third-order valence-electron chi connectivity index (χ3n) is 3.60. The average molecular weight is 280 g/mol. The Hall–Kier alpha value is -1.16. The van der Waals surface area contributed by atoms with E-state index in [1.807, 2.05) is 18.4 Å². The summed E-state index contributed by atoms with van der Waals surface area (Å²) < 4.78 is 5.97. The molecule has 0 saturated heterocycles. The molecule has 1 N–H and O–H groups in total. The Morgan fingerprint density at radius 2 is 2.21 bits per heavy atom. The van der Waals surface area contributed by atoms with Gasteiger partial charge in [-0.05, 0) is 43.6 Å². The molecule has 1 saturated carbocycles. The Labute approximate surface area is 118 Å². The largest absolute Gasteiger partial charge is 0.489 e. The quantitative estimate of drug-likeness (QED) is 0.845. The van der Waals surface area contributed by atoms with Gasteiger partial charge in [0.25, 0.3) is 0 Å². The summed E-state index contributed by atoms with van der Waals surface area (Å²) in [6, 6.07) is 5.45. The van der Waals surface area contributed by atoms with Crippen LogP contribution in [0.5, 0.6) is 5.75 Å². The number of carboxylic acid groups (broad SMARTS) is 1. The van der Waals surface area contributed by atoms with Crippen LogP contribution in [0.3, 0.4) is 0 Å². The fourth-order valence-electron chi connectivity index (χ4n) is 2.66. The second-order valence-electron chi connectivity index (χ2n) is 5.15. The van der Waals surface area contributed by atoms with E-state index in [9.17, 15) is 9.90 Å². The molecule has 2 atom stereocenters. The van der Waals surface area contributed by atoms with Crippen molar-refractivity contribution in [1.29, 1.82) is 0 Å². The number of rotatable bonds is 4. The molecule has 0 aromatic heterocycles. The summed E-state index contributed by atoms with van der Waals surface area (Å²) in [7, 11) is 0. The molecule has 0 bridgehead atoms. The van der Waals surface area contributed by atoms with Crippen molar-refractivity contribution in [2.24, 2.45) is 5.92 Å². The molecule has 0 amide bonds. The SMILES string of the molecule is CSc1cccc(OC2CCCC(C)C2)c1C(=O)O. The van der Waals surface area contributed by atoms with Crippen LogP contribution >= 0.6 is 11.8 Å². The van der Waals surface area contributed by atoms with Crippen LogP contribution in [0.1, 0.15) is 43.0 Å². The van der Waals surface area contributed by atoms with Crippen molar-refractivity contribution in [3.63, 3.8) is 0 Å². The lowest BCUT2D eigenvalue weighted by Crippen LogP contribution is -2.25. The Balaban J connectivity index is 2.21. The highest BCUT2D eigenvalue weighted by molar-refractivity contribution is 7.98. The number of aromatic carboxylic acids is 1. The minimum Gasteiger partial charge on any atom is -0.489 e. The smallest absolute Gasteiger partial charge is 0.340 e. The molecule has 1 aliphatic carbocycles. The van der Waals surface area contributed by atoms with Crippen LogP contribution in [0, 0.1) is 5.92 Å². The molecule has 1 aliphatic rings. The van der Waals surface area contributed by atoms with E-state index in [2.05, 4.69) is 6.92 Å². The fraction of sp³-hybridized carbons (Fsp3) is 0.533. The maximum atomic E-state index is 11.4. The van der Waals surface area contributed by atoms with E-state index in [-0.39, 0.29) is 6.10 Å². The number of ether oxygens (including phenoxy) is 1. The summed E-state index contributed by atoms with van der Waals surface area (Å²) in [4.78, 5) is 12.2. The van der Waals surface area contributed by atoms with Gasteiger partial charge in [-0.1, -0.05) is 19.4 Å². The zero-order valence-electron chi connectivity index (χ0n) is 11.4. The molecule has 0 radical (unpaired) electrons. The number of hydrogen-bond acceptors (Lipinski definition) is 3. The Bertz CT molecular complexity index is 459. The van der Waals surface area contributed by atoms with Crippen LogP contribution in [0.2, 0.25) is 0 Å². The molecule has 3 nitrogen and oxygen atoms in total. The molecular formula is C15H20O3S. The highest BCUT2D eigenvalue weighted by atomic mass is 32.2. The van der Waals surface area contributed by atoms with Gasteiger partial charge >= 0.3 is 5.97 Å². The van der Waals surface area contributed by atoms with Crippen LogP contribution in [-0.4, -0.2) is 23.4 Å².